The highest BCUT2D eigenvalue weighted by molar-refractivity contribution is 5.78. The number of amides is 1. The van der Waals surface area contributed by atoms with E-state index < -0.39 is 0 Å². The van der Waals surface area contributed by atoms with Gasteiger partial charge in [0, 0.05) is 18.2 Å². The summed E-state index contributed by atoms with van der Waals surface area (Å²) in [5.74, 6) is 0.0769. The maximum Gasteiger partial charge on any atom is 0.289 e. The summed E-state index contributed by atoms with van der Waals surface area (Å²) in [5.41, 5.74) is 0.749. The van der Waals surface area contributed by atoms with E-state index in [-0.39, 0.29) is 24.5 Å². The van der Waals surface area contributed by atoms with E-state index in [0.29, 0.717) is 0 Å². The van der Waals surface area contributed by atoms with Gasteiger partial charge in [-0.25, -0.2) is 0 Å². The van der Waals surface area contributed by atoms with Crippen molar-refractivity contribution in [2.24, 2.45) is 5.16 Å². The Hall–Kier alpha value is -1.91. The summed E-state index contributed by atoms with van der Waals surface area (Å²) in [6, 6.07) is 3.98. The standard InChI is InChI=1S/C14H21N3O2/c1-11(2)17(12(3)4)14(18)10-16-7-5-6-13(9-16)8-15-19/h5-9,11-12H,10H2,1-4H3/p+1. The fraction of sp³-hybridized carbons (Fsp3) is 0.500. The molecule has 1 rings (SSSR count). The molecule has 1 N–H and O–H groups in total. The van der Waals surface area contributed by atoms with Crippen molar-refractivity contribution < 1.29 is 14.6 Å². The number of hydrogen-bond donors (Lipinski definition) is 1. The van der Waals surface area contributed by atoms with E-state index in [1.165, 1.54) is 6.21 Å². The van der Waals surface area contributed by atoms with Crippen LogP contribution in [0.2, 0.25) is 0 Å². The zero-order valence-electron chi connectivity index (χ0n) is 11.9. The molecular weight excluding hydrogens is 242 g/mol. The molecule has 0 atom stereocenters. The summed E-state index contributed by atoms with van der Waals surface area (Å²) >= 11 is 0. The summed E-state index contributed by atoms with van der Waals surface area (Å²) in [6.07, 6.45) is 4.94. The molecule has 0 aliphatic rings. The lowest BCUT2D eigenvalue weighted by atomic mass is 10.2. The Labute approximate surface area is 114 Å². The highest BCUT2D eigenvalue weighted by Crippen LogP contribution is 2.05. The summed E-state index contributed by atoms with van der Waals surface area (Å²) in [7, 11) is 0. The minimum atomic E-state index is 0.0769. The molecule has 0 saturated heterocycles. The second-order valence-electron chi connectivity index (χ2n) is 5.04. The highest BCUT2D eigenvalue weighted by Gasteiger charge is 2.23. The average molecular weight is 264 g/mol. The largest absolute Gasteiger partial charge is 0.411 e. The number of aromatic nitrogens is 1. The first-order valence-corrected chi connectivity index (χ1v) is 6.43. The summed E-state index contributed by atoms with van der Waals surface area (Å²) in [4.78, 5) is 14.1. The zero-order valence-corrected chi connectivity index (χ0v) is 11.9. The molecule has 0 aliphatic heterocycles. The van der Waals surface area contributed by atoms with E-state index in [2.05, 4.69) is 5.16 Å². The fourth-order valence-electron chi connectivity index (χ4n) is 2.19. The molecule has 1 amide bonds. The van der Waals surface area contributed by atoms with Crippen molar-refractivity contribution in [3.8, 4) is 0 Å². The second-order valence-corrected chi connectivity index (χ2v) is 5.04. The summed E-state index contributed by atoms with van der Waals surface area (Å²) in [5, 5.41) is 11.5. The third-order valence-corrected chi connectivity index (χ3v) is 2.81. The minimum absolute atomic E-state index is 0.0769. The van der Waals surface area contributed by atoms with Gasteiger partial charge in [-0.05, 0) is 33.8 Å². The monoisotopic (exact) mass is 264 g/mol. The van der Waals surface area contributed by atoms with Crippen molar-refractivity contribution in [1.29, 1.82) is 0 Å². The Morgan fingerprint density at radius 1 is 1.42 bits per heavy atom. The van der Waals surface area contributed by atoms with Gasteiger partial charge in [0.15, 0.2) is 12.4 Å². The van der Waals surface area contributed by atoms with Crippen LogP contribution in [-0.4, -0.2) is 34.3 Å². The van der Waals surface area contributed by atoms with Gasteiger partial charge in [0.05, 0.1) is 11.8 Å². The molecule has 5 nitrogen and oxygen atoms in total. The van der Waals surface area contributed by atoms with Gasteiger partial charge in [0.25, 0.3) is 5.91 Å². The first kappa shape index (κ1) is 15.1. The third-order valence-electron chi connectivity index (χ3n) is 2.81. The van der Waals surface area contributed by atoms with E-state index in [9.17, 15) is 4.79 Å². The number of carbonyl (C=O) groups is 1. The van der Waals surface area contributed by atoms with Crippen LogP contribution in [-0.2, 0) is 11.3 Å². The van der Waals surface area contributed by atoms with Crippen molar-refractivity contribution in [3.63, 3.8) is 0 Å². The van der Waals surface area contributed by atoms with Crippen molar-refractivity contribution in [2.75, 3.05) is 0 Å². The number of rotatable bonds is 5. The predicted octanol–water partition coefficient (Wildman–Crippen LogP) is 1.43. The number of hydrogen-bond acceptors (Lipinski definition) is 3. The normalized spacial score (nSPS) is 11.5. The molecule has 0 radical (unpaired) electrons. The van der Waals surface area contributed by atoms with Crippen molar-refractivity contribution >= 4 is 12.1 Å². The lowest BCUT2D eigenvalue weighted by molar-refractivity contribution is -0.685. The lowest BCUT2D eigenvalue weighted by Gasteiger charge is -2.29. The van der Waals surface area contributed by atoms with Crippen LogP contribution < -0.4 is 4.57 Å². The first-order chi connectivity index (χ1) is 8.95. The van der Waals surface area contributed by atoms with Crippen LogP contribution in [0.3, 0.4) is 0 Å². The van der Waals surface area contributed by atoms with Crippen molar-refractivity contribution in [1.82, 2.24) is 4.90 Å². The van der Waals surface area contributed by atoms with Crippen molar-refractivity contribution in [3.05, 3.63) is 30.1 Å². The molecule has 1 heterocycles. The number of nitrogens with zero attached hydrogens (tertiary/aromatic N) is 3. The molecule has 0 unspecified atom stereocenters. The van der Waals surface area contributed by atoms with Gasteiger partial charge in [0.2, 0.25) is 6.54 Å². The Kier molecular flexibility index (Phi) is 5.48. The van der Waals surface area contributed by atoms with Crippen LogP contribution in [0.4, 0.5) is 0 Å². The quantitative estimate of drug-likeness (QED) is 0.378. The van der Waals surface area contributed by atoms with Gasteiger partial charge >= 0.3 is 0 Å². The summed E-state index contributed by atoms with van der Waals surface area (Å²) < 4.78 is 1.79. The summed E-state index contributed by atoms with van der Waals surface area (Å²) in [6.45, 7) is 8.33. The zero-order chi connectivity index (χ0) is 14.4. The van der Waals surface area contributed by atoms with Gasteiger partial charge in [-0.2, -0.15) is 4.57 Å². The minimum Gasteiger partial charge on any atom is -0.411 e. The number of pyridine rings is 1. The second kappa shape index (κ2) is 6.87. The molecule has 0 aromatic carbocycles. The predicted molar refractivity (Wildman–Crippen MR) is 73.1 cm³/mol. The smallest absolute Gasteiger partial charge is 0.289 e. The molecule has 0 fully saturated rings. The molecular formula is C14H22N3O2+. The SMILES string of the molecule is CC(C)N(C(=O)C[n+]1cccc(C=NO)c1)C(C)C. The maximum absolute atomic E-state index is 12.3. The maximum atomic E-state index is 12.3. The molecule has 1 aromatic heterocycles. The van der Waals surface area contributed by atoms with Crippen LogP contribution in [0.15, 0.2) is 29.7 Å². The third kappa shape index (κ3) is 4.35. The number of carbonyl (C=O) groups excluding carboxylic acids is 1. The number of oxime groups is 1. The Morgan fingerprint density at radius 3 is 2.58 bits per heavy atom. The molecule has 0 saturated carbocycles. The molecule has 0 spiro atoms. The van der Waals surface area contributed by atoms with Gasteiger partial charge in [-0.1, -0.05) is 5.16 Å². The Balaban J connectivity index is 2.83. The van der Waals surface area contributed by atoms with Gasteiger partial charge in [-0.3, -0.25) is 4.79 Å². The first-order valence-electron chi connectivity index (χ1n) is 6.43. The molecule has 104 valence electrons. The van der Waals surface area contributed by atoms with Crippen LogP contribution >= 0.6 is 0 Å². The van der Waals surface area contributed by atoms with Crippen LogP contribution in [0, 0.1) is 0 Å². The highest BCUT2D eigenvalue weighted by atomic mass is 16.4. The van der Waals surface area contributed by atoms with Gasteiger partial charge in [-0.15, -0.1) is 0 Å². The van der Waals surface area contributed by atoms with Gasteiger partial charge < -0.3 is 10.1 Å². The molecule has 0 aliphatic carbocycles. The molecule has 19 heavy (non-hydrogen) atoms. The van der Waals surface area contributed by atoms with Crippen molar-refractivity contribution in [2.45, 2.75) is 46.3 Å². The van der Waals surface area contributed by atoms with E-state index in [1.54, 1.807) is 10.8 Å². The Morgan fingerprint density at radius 2 is 2.05 bits per heavy atom. The van der Waals surface area contributed by atoms with E-state index in [1.807, 2.05) is 50.9 Å². The van der Waals surface area contributed by atoms with E-state index >= 15 is 0 Å². The van der Waals surface area contributed by atoms with E-state index in [0.717, 1.165) is 5.56 Å². The van der Waals surface area contributed by atoms with Crippen LogP contribution in [0.5, 0.6) is 0 Å². The average Bonchev–Trinajstić information content (AvgIpc) is 2.28. The topological polar surface area (TPSA) is 56.8 Å². The fourth-order valence-corrected chi connectivity index (χ4v) is 2.19. The molecule has 5 heteroatoms. The lowest BCUT2D eigenvalue weighted by Crippen LogP contribution is -2.49. The van der Waals surface area contributed by atoms with E-state index in [4.69, 9.17) is 5.21 Å². The van der Waals surface area contributed by atoms with Gasteiger partial charge in [0.1, 0.15) is 0 Å². The van der Waals surface area contributed by atoms with Crippen LogP contribution in [0.1, 0.15) is 33.3 Å². The molecule has 0 bridgehead atoms. The molecule has 1 aromatic rings. The Bertz CT molecular complexity index is 448. The van der Waals surface area contributed by atoms with Crippen LogP contribution in [0.25, 0.3) is 0 Å².